The Balaban J connectivity index is 1.50. The molecule has 0 saturated carbocycles. The normalized spacial score (nSPS) is 11.4. The number of hydrogen-bond donors (Lipinski definition) is 1. The third-order valence-electron chi connectivity index (χ3n) is 4.25. The molecule has 0 amide bonds. The van der Waals surface area contributed by atoms with Gasteiger partial charge < -0.3 is 10.1 Å². The highest BCUT2D eigenvalue weighted by Crippen LogP contribution is 2.32. The van der Waals surface area contributed by atoms with E-state index < -0.39 is 11.7 Å². The number of anilines is 2. The number of halogens is 3. The molecule has 0 fully saturated rings. The summed E-state index contributed by atoms with van der Waals surface area (Å²) in [5, 5.41) is 4.18. The molecule has 0 aliphatic carbocycles. The number of hydrogen-bond acceptors (Lipinski definition) is 4. The summed E-state index contributed by atoms with van der Waals surface area (Å²) in [6, 6.07) is 19.4. The van der Waals surface area contributed by atoms with Crippen LogP contribution in [0.5, 0.6) is 11.5 Å². The van der Waals surface area contributed by atoms with Crippen molar-refractivity contribution in [3.63, 3.8) is 0 Å². The van der Waals surface area contributed by atoms with Crippen molar-refractivity contribution in [1.82, 2.24) is 9.97 Å². The molecule has 7 heteroatoms. The smallest absolute Gasteiger partial charge is 0.416 e. The molecule has 3 aromatic carbocycles. The minimum absolute atomic E-state index is 0.330. The fourth-order valence-corrected chi connectivity index (χ4v) is 2.88. The maximum absolute atomic E-state index is 12.6. The number of aromatic nitrogens is 2. The van der Waals surface area contributed by atoms with Gasteiger partial charge in [0.15, 0.2) is 0 Å². The van der Waals surface area contributed by atoms with Crippen LogP contribution in [0.1, 0.15) is 11.4 Å². The fraction of sp³-hybridized carbons (Fsp3) is 0.0909. The molecule has 4 rings (SSSR count). The second-order valence-corrected chi connectivity index (χ2v) is 6.41. The zero-order valence-corrected chi connectivity index (χ0v) is 15.4. The highest BCUT2D eigenvalue weighted by atomic mass is 19.4. The standard InChI is InChI=1S/C22H16F3N3O/c1-14-26-20-5-3-2-4-19(20)21(27-14)28-16-8-12-18(13-9-16)29-17-10-6-15(7-11-17)22(23,24)25/h2-13H,1H3,(H,26,27,28). The highest BCUT2D eigenvalue weighted by Gasteiger charge is 2.30. The van der Waals surface area contributed by atoms with Gasteiger partial charge in [0.1, 0.15) is 23.1 Å². The molecule has 4 nitrogen and oxygen atoms in total. The lowest BCUT2D eigenvalue weighted by Crippen LogP contribution is -2.03. The van der Waals surface area contributed by atoms with E-state index in [0.29, 0.717) is 23.1 Å². The molecule has 0 atom stereocenters. The Morgan fingerprint density at radius 1 is 0.793 bits per heavy atom. The molecule has 0 aliphatic rings. The Bertz CT molecular complexity index is 1140. The van der Waals surface area contributed by atoms with Crippen molar-refractivity contribution in [1.29, 1.82) is 0 Å². The van der Waals surface area contributed by atoms with Gasteiger partial charge in [0.25, 0.3) is 0 Å². The number of para-hydroxylation sites is 1. The van der Waals surface area contributed by atoms with Gasteiger partial charge in [-0.25, -0.2) is 9.97 Å². The first-order valence-electron chi connectivity index (χ1n) is 8.84. The van der Waals surface area contributed by atoms with E-state index in [1.807, 2.05) is 43.3 Å². The SMILES string of the molecule is Cc1nc(Nc2ccc(Oc3ccc(C(F)(F)F)cc3)cc2)c2ccccc2n1. The van der Waals surface area contributed by atoms with E-state index in [1.165, 1.54) is 12.1 Å². The van der Waals surface area contributed by atoms with Gasteiger partial charge in [0, 0.05) is 11.1 Å². The summed E-state index contributed by atoms with van der Waals surface area (Å²) in [7, 11) is 0. The zero-order chi connectivity index (χ0) is 20.4. The van der Waals surface area contributed by atoms with E-state index in [2.05, 4.69) is 15.3 Å². The fourth-order valence-electron chi connectivity index (χ4n) is 2.88. The van der Waals surface area contributed by atoms with Crippen LogP contribution in [0, 0.1) is 6.92 Å². The summed E-state index contributed by atoms with van der Waals surface area (Å²) >= 11 is 0. The van der Waals surface area contributed by atoms with Crippen LogP contribution in [0.25, 0.3) is 10.9 Å². The second kappa shape index (κ2) is 7.43. The van der Waals surface area contributed by atoms with Gasteiger partial charge >= 0.3 is 6.18 Å². The average molecular weight is 395 g/mol. The number of rotatable bonds is 4. The number of aryl methyl sites for hydroxylation is 1. The van der Waals surface area contributed by atoms with Crippen molar-refractivity contribution in [2.45, 2.75) is 13.1 Å². The van der Waals surface area contributed by atoms with Gasteiger partial charge in [-0.3, -0.25) is 0 Å². The Morgan fingerprint density at radius 2 is 1.41 bits per heavy atom. The molecule has 1 heterocycles. The molecule has 0 aliphatic heterocycles. The van der Waals surface area contributed by atoms with Crippen LogP contribution in [0.2, 0.25) is 0 Å². The van der Waals surface area contributed by atoms with Crippen LogP contribution in [0.15, 0.2) is 72.8 Å². The maximum atomic E-state index is 12.6. The molecular formula is C22H16F3N3O. The predicted octanol–water partition coefficient (Wildman–Crippen LogP) is 6.49. The minimum Gasteiger partial charge on any atom is -0.457 e. The van der Waals surface area contributed by atoms with Crippen molar-refractivity contribution in [2.75, 3.05) is 5.32 Å². The van der Waals surface area contributed by atoms with Crippen LogP contribution in [-0.2, 0) is 6.18 Å². The second-order valence-electron chi connectivity index (χ2n) is 6.41. The highest BCUT2D eigenvalue weighted by molar-refractivity contribution is 5.90. The maximum Gasteiger partial charge on any atom is 0.416 e. The van der Waals surface area contributed by atoms with Crippen molar-refractivity contribution in [2.24, 2.45) is 0 Å². The molecule has 0 saturated heterocycles. The van der Waals surface area contributed by atoms with Gasteiger partial charge in [0.2, 0.25) is 0 Å². The number of alkyl halides is 3. The van der Waals surface area contributed by atoms with Crippen molar-refractivity contribution >= 4 is 22.4 Å². The predicted molar refractivity (Wildman–Crippen MR) is 106 cm³/mol. The lowest BCUT2D eigenvalue weighted by molar-refractivity contribution is -0.137. The Morgan fingerprint density at radius 3 is 2.07 bits per heavy atom. The first-order valence-corrected chi connectivity index (χ1v) is 8.84. The summed E-state index contributed by atoms with van der Waals surface area (Å²) in [5.74, 6) is 2.20. The number of nitrogens with zero attached hydrogens (tertiary/aromatic N) is 2. The zero-order valence-electron chi connectivity index (χ0n) is 15.4. The summed E-state index contributed by atoms with van der Waals surface area (Å²) in [6.45, 7) is 1.83. The molecule has 29 heavy (non-hydrogen) atoms. The summed E-state index contributed by atoms with van der Waals surface area (Å²) in [4.78, 5) is 8.89. The Kier molecular flexibility index (Phi) is 4.80. The van der Waals surface area contributed by atoms with Crippen molar-refractivity contribution < 1.29 is 17.9 Å². The third-order valence-corrected chi connectivity index (χ3v) is 4.25. The van der Waals surface area contributed by atoms with Crippen LogP contribution in [0.3, 0.4) is 0 Å². The van der Waals surface area contributed by atoms with Crippen LogP contribution >= 0.6 is 0 Å². The van der Waals surface area contributed by atoms with Gasteiger partial charge in [-0.1, -0.05) is 12.1 Å². The van der Waals surface area contributed by atoms with Gasteiger partial charge in [-0.2, -0.15) is 13.2 Å². The molecule has 0 spiro atoms. The Labute approximate surface area is 165 Å². The van der Waals surface area contributed by atoms with Crippen LogP contribution in [-0.4, -0.2) is 9.97 Å². The largest absolute Gasteiger partial charge is 0.457 e. The van der Waals surface area contributed by atoms with E-state index in [0.717, 1.165) is 28.7 Å². The molecule has 0 bridgehead atoms. The van der Waals surface area contributed by atoms with Crippen LogP contribution < -0.4 is 10.1 Å². The Hall–Kier alpha value is -3.61. The number of nitrogens with one attached hydrogen (secondary N) is 1. The van der Waals surface area contributed by atoms with Gasteiger partial charge in [0.05, 0.1) is 11.1 Å². The lowest BCUT2D eigenvalue weighted by atomic mass is 10.2. The quantitative estimate of drug-likeness (QED) is 0.429. The molecular weight excluding hydrogens is 379 g/mol. The summed E-state index contributed by atoms with van der Waals surface area (Å²) < 4.78 is 43.5. The molecule has 1 aromatic heterocycles. The van der Waals surface area contributed by atoms with E-state index in [-0.39, 0.29) is 0 Å². The molecule has 0 radical (unpaired) electrons. The number of benzene rings is 3. The summed E-state index contributed by atoms with van der Waals surface area (Å²) in [6.07, 6.45) is -4.37. The molecule has 4 aromatic rings. The van der Waals surface area contributed by atoms with E-state index >= 15 is 0 Å². The monoisotopic (exact) mass is 395 g/mol. The minimum atomic E-state index is -4.37. The van der Waals surface area contributed by atoms with Crippen LogP contribution in [0.4, 0.5) is 24.7 Å². The topological polar surface area (TPSA) is 47.0 Å². The van der Waals surface area contributed by atoms with Crippen molar-refractivity contribution in [3.05, 3.63) is 84.2 Å². The van der Waals surface area contributed by atoms with Crippen molar-refractivity contribution in [3.8, 4) is 11.5 Å². The van der Waals surface area contributed by atoms with E-state index in [1.54, 1.807) is 12.1 Å². The molecule has 146 valence electrons. The molecule has 0 unspecified atom stereocenters. The molecule has 1 N–H and O–H groups in total. The van der Waals surface area contributed by atoms with E-state index in [4.69, 9.17) is 4.74 Å². The first kappa shape index (κ1) is 18.7. The average Bonchev–Trinajstić information content (AvgIpc) is 2.69. The first-order chi connectivity index (χ1) is 13.9. The third kappa shape index (κ3) is 4.29. The number of ether oxygens (including phenoxy) is 1. The lowest BCUT2D eigenvalue weighted by Gasteiger charge is -2.11. The van der Waals surface area contributed by atoms with E-state index in [9.17, 15) is 13.2 Å². The van der Waals surface area contributed by atoms with Gasteiger partial charge in [-0.15, -0.1) is 0 Å². The van der Waals surface area contributed by atoms with Gasteiger partial charge in [-0.05, 0) is 67.6 Å². The summed E-state index contributed by atoms with van der Waals surface area (Å²) in [5.41, 5.74) is 0.939. The number of fused-ring (bicyclic) bond motifs is 1.